The molecule has 0 radical (unpaired) electrons. The van der Waals surface area contributed by atoms with Crippen molar-refractivity contribution in [1.29, 1.82) is 0 Å². The molecule has 2 nitrogen and oxygen atoms in total. The van der Waals surface area contributed by atoms with Crippen LogP contribution >= 0.6 is 23.4 Å². The molecule has 0 aliphatic rings. The summed E-state index contributed by atoms with van der Waals surface area (Å²) in [5.74, 6) is 0. The Morgan fingerprint density at radius 3 is 2.75 bits per heavy atom. The fraction of sp³-hybridized carbons (Fsp3) is 0.583. The van der Waals surface area contributed by atoms with Crippen LogP contribution in [-0.2, 0) is 0 Å². The van der Waals surface area contributed by atoms with Crippen molar-refractivity contribution in [3.8, 4) is 0 Å². The molecular formula is C12H19ClN2S. The van der Waals surface area contributed by atoms with E-state index in [-0.39, 0.29) is 0 Å². The van der Waals surface area contributed by atoms with Crippen molar-refractivity contribution in [2.45, 2.75) is 43.5 Å². The molecule has 0 aromatic carbocycles. The van der Waals surface area contributed by atoms with E-state index >= 15 is 0 Å². The standard InChI is InChI=1S/C12H19ClN2S/c1-4-14-9(2)7-10(3)16-12-6-5-11(13)8-15-12/h5-6,8-10,14H,4,7H2,1-3H3. The molecule has 0 bridgehead atoms. The monoisotopic (exact) mass is 258 g/mol. The molecule has 0 saturated heterocycles. The Labute approximate surface area is 107 Å². The molecule has 1 aromatic heterocycles. The number of rotatable bonds is 6. The maximum Gasteiger partial charge on any atom is 0.0963 e. The predicted octanol–water partition coefficient (Wildman–Crippen LogP) is 3.60. The van der Waals surface area contributed by atoms with Gasteiger partial charge in [-0.25, -0.2) is 4.98 Å². The zero-order chi connectivity index (χ0) is 12.0. The van der Waals surface area contributed by atoms with Gasteiger partial charge in [-0.15, -0.1) is 11.8 Å². The average molecular weight is 259 g/mol. The molecule has 16 heavy (non-hydrogen) atoms. The number of hydrogen-bond acceptors (Lipinski definition) is 3. The zero-order valence-electron chi connectivity index (χ0n) is 10.0. The summed E-state index contributed by atoms with van der Waals surface area (Å²) in [5.41, 5.74) is 0. The third kappa shape index (κ3) is 5.19. The molecule has 1 heterocycles. The average Bonchev–Trinajstić information content (AvgIpc) is 2.21. The fourth-order valence-electron chi connectivity index (χ4n) is 1.62. The first kappa shape index (κ1) is 13.8. The number of nitrogens with zero attached hydrogens (tertiary/aromatic N) is 1. The van der Waals surface area contributed by atoms with Crippen LogP contribution in [0.1, 0.15) is 27.2 Å². The zero-order valence-corrected chi connectivity index (χ0v) is 11.6. The highest BCUT2D eigenvalue weighted by molar-refractivity contribution is 7.99. The van der Waals surface area contributed by atoms with E-state index in [1.54, 1.807) is 18.0 Å². The van der Waals surface area contributed by atoms with Crippen molar-refractivity contribution in [1.82, 2.24) is 10.3 Å². The molecular weight excluding hydrogens is 240 g/mol. The lowest BCUT2D eigenvalue weighted by atomic mass is 10.2. The van der Waals surface area contributed by atoms with Crippen molar-refractivity contribution in [2.24, 2.45) is 0 Å². The minimum Gasteiger partial charge on any atom is -0.314 e. The highest BCUT2D eigenvalue weighted by Crippen LogP contribution is 2.24. The van der Waals surface area contributed by atoms with Gasteiger partial charge in [0.05, 0.1) is 10.0 Å². The molecule has 1 N–H and O–H groups in total. The van der Waals surface area contributed by atoms with Gasteiger partial charge in [0.2, 0.25) is 0 Å². The minimum absolute atomic E-state index is 0.555. The van der Waals surface area contributed by atoms with Crippen LogP contribution in [0.4, 0.5) is 0 Å². The van der Waals surface area contributed by atoms with Crippen LogP contribution in [0.3, 0.4) is 0 Å². The number of hydrogen-bond donors (Lipinski definition) is 1. The van der Waals surface area contributed by atoms with Crippen LogP contribution in [0.25, 0.3) is 0 Å². The van der Waals surface area contributed by atoms with Crippen molar-refractivity contribution < 1.29 is 0 Å². The maximum absolute atomic E-state index is 5.79. The highest BCUT2D eigenvalue weighted by atomic mass is 35.5. The third-order valence-corrected chi connectivity index (χ3v) is 3.56. The van der Waals surface area contributed by atoms with Crippen LogP contribution in [0.15, 0.2) is 23.4 Å². The Morgan fingerprint density at radius 2 is 2.19 bits per heavy atom. The van der Waals surface area contributed by atoms with E-state index in [1.165, 1.54) is 0 Å². The Balaban J connectivity index is 2.39. The topological polar surface area (TPSA) is 24.9 Å². The summed E-state index contributed by atoms with van der Waals surface area (Å²) in [4.78, 5) is 4.28. The lowest BCUT2D eigenvalue weighted by Gasteiger charge is -2.17. The molecule has 0 saturated carbocycles. The smallest absolute Gasteiger partial charge is 0.0963 e. The summed E-state index contributed by atoms with van der Waals surface area (Å²) in [6.45, 7) is 7.61. The van der Waals surface area contributed by atoms with Gasteiger partial charge in [-0.05, 0) is 32.0 Å². The molecule has 0 aliphatic carbocycles. The minimum atomic E-state index is 0.555. The summed E-state index contributed by atoms with van der Waals surface area (Å²) in [6, 6.07) is 4.42. The molecule has 1 rings (SSSR count). The number of aromatic nitrogens is 1. The van der Waals surface area contributed by atoms with E-state index in [1.807, 2.05) is 12.1 Å². The second kappa shape index (κ2) is 7.15. The highest BCUT2D eigenvalue weighted by Gasteiger charge is 2.09. The van der Waals surface area contributed by atoms with Gasteiger partial charge in [0, 0.05) is 17.5 Å². The molecule has 2 unspecified atom stereocenters. The van der Waals surface area contributed by atoms with E-state index in [9.17, 15) is 0 Å². The summed E-state index contributed by atoms with van der Waals surface area (Å²) >= 11 is 7.59. The maximum atomic E-state index is 5.79. The Morgan fingerprint density at radius 1 is 1.44 bits per heavy atom. The van der Waals surface area contributed by atoms with Crippen LogP contribution in [0.2, 0.25) is 5.02 Å². The fourth-order valence-corrected chi connectivity index (χ4v) is 2.79. The van der Waals surface area contributed by atoms with Crippen LogP contribution in [0.5, 0.6) is 0 Å². The van der Waals surface area contributed by atoms with E-state index in [4.69, 9.17) is 11.6 Å². The first-order valence-electron chi connectivity index (χ1n) is 5.63. The van der Waals surface area contributed by atoms with Crippen molar-refractivity contribution in [3.63, 3.8) is 0 Å². The van der Waals surface area contributed by atoms with Gasteiger partial charge in [0.15, 0.2) is 0 Å². The number of halogens is 1. The van der Waals surface area contributed by atoms with E-state index < -0.39 is 0 Å². The SMILES string of the molecule is CCNC(C)CC(C)Sc1ccc(Cl)cn1. The molecule has 90 valence electrons. The summed E-state index contributed by atoms with van der Waals surface area (Å²) < 4.78 is 0. The number of pyridine rings is 1. The normalized spacial score (nSPS) is 14.8. The van der Waals surface area contributed by atoms with Crippen molar-refractivity contribution in [2.75, 3.05) is 6.54 Å². The lowest BCUT2D eigenvalue weighted by molar-refractivity contribution is 0.530. The summed E-state index contributed by atoms with van der Waals surface area (Å²) in [6.07, 6.45) is 2.84. The molecule has 0 amide bonds. The van der Waals surface area contributed by atoms with Crippen molar-refractivity contribution in [3.05, 3.63) is 23.4 Å². The number of thioether (sulfide) groups is 1. The van der Waals surface area contributed by atoms with Gasteiger partial charge in [0.25, 0.3) is 0 Å². The first-order chi connectivity index (χ1) is 7.61. The second-order valence-electron chi connectivity index (χ2n) is 3.94. The molecule has 2 atom stereocenters. The quantitative estimate of drug-likeness (QED) is 0.790. The molecule has 0 aliphatic heterocycles. The molecule has 0 spiro atoms. The van der Waals surface area contributed by atoms with Gasteiger partial charge in [-0.3, -0.25) is 0 Å². The van der Waals surface area contributed by atoms with Gasteiger partial charge in [-0.1, -0.05) is 25.4 Å². The van der Waals surface area contributed by atoms with Crippen molar-refractivity contribution >= 4 is 23.4 Å². The third-order valence-electron chi connectivity index (χ3n) is 2.26. The Kier molecular flexibility index (Phi) is 6.17. The summed E-state index contributed by atoms with van der Waals surface area (Å²) in [7, 11) is 0. The molecule has 0 fully saturated rings. The largest absolute Gasteiger partial charge is 0.314 e. The Hall–Kier alpha value is -0.250. The van der Waals surface area contributed by atoms with Crippen LogP contribution in [-0.4, -0.2) is 22.8 Å². The second-order valence-corrected chi connectivity index (χ2v) is 5.83. The Bertz CT molecular complexity index is 302. The first-order valence-corrected chi connectivity index (χ1v) is 6.89. The number of nitrogens with one attached hydrogen (secondary N) is 1. The van der Waals surface area contributed by atoms with Gasteiger partial charge in [0.1, 0.15) is 0 Å². The van der Waals surface area contributed by atoms with Gasteiger partial charge >= 0.3 is 0 Å². The van der Waals surface area contributed by atoms with Gasteiger partial charge < -0.3 is 5.32 Å². The summed E-state index contributed by atoms with van der Waals surface area (Å²) in [5, 5.41) is 5.71. The van der Waals surface area contributed by atoms with E-state index in [0.717, 1.165) is 18.0 Å². The molecule has 1 aromatic rings. The van der Waals surface area contributed by atoms with E-state index in [2.05, 4.69) is 31.1 Å². The predicted molar refractivity (Wildman–Crippen MR) is 72.3 cm³/mol. The molecule has 4 heteroatoms. The van der Waals surface area contributed by atoms with Crippen LogP contribution < -0.4 is 5.32 Å². The lowest BCUT2D eigenvalue weighted by Crippen LogP contribution is -2.28. The van der Waals surface area contributed by atoms with Crippen LogP contribution in [0, 0.1) is 0 Å². The van der Waals surface area contributed by atoms with Gasteiger partial charge in [-0.2, -0.15) is 0 Å². The van der Waals surface area contributed by atoms with E-state index in [0.29, 0.717) is 16.3 Å².